The Morgan fingerprint density at radius 3 is 1.38 bits per heavy atom. The summed E-state index contributed by atoms with van der Waals surface area (Å²) in [5.41, 5.74) is 0. The second-order valence-electron chi connectivity index (χ2n) is 20.5. The molecule has 0 aliphatic rings. The van der Waals surface area contributed by atoms with Gasteiger partial charge < -0.3 is 19.4 Å². The summed E-state index contributed by atoms with van der Waals surface area (Å²) in [7, 11) is 1.48. The molecular weight excluding hydrogens is 868 g/mol. The van der Waals surface area contributed by atoms with Gasteiger partial charge in [0.25, 0.3) is 0 Å². The molecule has 0 aliphatic heterocycles. The number of hydrogen-bond acceptors (Lipinski definition) is 6. The van der Waals surface area contributed by atoms with Crippen molar-refractivity contribution in [3.63, 3.8) is 0 Å². The standard InChI is InChI=1S/C58H109N2O7P/c1-7-10-13-16-19-22-25-28-29-30-31-33-36-39-42-45-48-51-58(62)67-56(49-46-43-40-37-34-27-24-21-18-15-12-9-3)55(54-66-68(63,64)65-53-52-60(4,5)6)59-57(61)50-47-44-41-38-35-32-26-23-20-17-14-11-8-2/h19,22,28-29,32,35,46,49,55-56H,7-18,20-21,23-27,30-31,33-34,36-45,47-48,50-54H2,1-6H3,(H-,59,61,63,64)/p+1/b22-19-,29-28-,35-32-,49-46+. The van der Waals surface area contributed by atoms with Crippen LogP contribution in [-0.4, -0.2) is 74.3 Å². The van der Waals surface area contributed by atoms with Gasteiger partial charge in [0.05, 0.1) is 33.8 Å². The van der Waals surface area contributed by atoms with Gasteiger partial charge in [-0.1, -0.05) is 205 Å². The molecule has 3 unspecified atom stereocenters. The van der Waals surface area contributed by atoms with Crippen molar-refractivity contribution < 1.29 is 37.3 Å². The van der Waals surface area contributed by atoms with Crippen molar-refractivity contribution in [3.05, 3.63) is 48.6 Å². The molecule has 0 aromatic heterocycles. The summed E-state index contributed by atoms with van der Waals surface area (Å²) >= 11 is 0. The minimum atomic E-state index is -4.45. The predicted molar refractivity (Wildman–Crippen MR) is 291 cm³/mol. The summed E-state index contributed by atoms with van der Waals surface area (Å²) in [6.07, 6.45) is 58.1. The third kappa shape index (κ3) is 49.0. The van der Waals surface area contributed by atoms with E-state index in [0.29, 0.717) is 17.4 Å². The van der Waals surface area contributed by atoms with Crippen LogP contribution in [0.1, 0.15) is 258 Å². The van der Waals surface area contributed by atoms with Crippen LogP contribution in [0.3, 0.4) is 0 Å². The topological polar surface area (TPSA) is 111 Å². The van der Waals surface area contributed by atoms with Gasteiger partial charge in [-0.25, -0.2) is 4.57 Å². The van der Waals surface area contributed by atoms with E-state index in [0.717, 1.165) is 89.9 Å². The summed E-state index contributed by atoms with van der Waals surface area (Å²) in [6.45, 7) is 6.96. The first-order valence-corrected chi connectivity index (χ1v) is 30.0. The van der Waals surface area contributed by atoms with Crippen LogP contribution in [-0.2, 0) is 27.9 Å². The Morgan fingerprint density at radius 1 is 0.515 bits per heavy atom. The maximum Gasteiger partial charge on any atom is 0.472 e. The predicted octanol–water partition coefficient (Wildman–Crippen LogP) is 16.9. The highest BCUT2D eigenvalue weighted by atomic mass is 31.2. The lowest BCUT2D eigenvalue weighted by Crippen LogP contribution is -2.47. The third-order valence-electron chi connectivity index (χ3n) is 12.5. The Labute approximate surface area is 420 Å². The zero-order chi connectivity index (χ0) is 50.1. The largest absolute Gasteiger partial charge is 0.472 e. The van der Waals surface area contributed by atoms with E-state index in [4.69, 9.17) is 13.8 Å². The van der Waals surface area contributed by atoms with E-state index in [1.165, 1.54) is 135 Å². The highest BCUT2D eigenvalue weighted by Crippen LogP contribution is 2.43. The summed E-state index contributed by atoms with van der Waals surface area (Å²) in [4.78, 5) is 37.5. The number of unbranched alkanes of at least 4 members (excludes halogenated alkanes) is 29. The van der Waals surface area contributed by atoms with Crippen LogP contribution in [0.25, 0.3) is 0 Å². The van der Waals surface area contributed by atoms with E-state index in [9.17, 15) is 19.0 Å². The van der Waals surface area contributed by atoms with E-state index >= 15 is 0 Å². The minimum absolute atomic E-state index is 0.0361. The molecule has 0 radical (unpaired) electrons. The molecule has 0 saturated heterocycles. The molecule has 0 aromatic rings. The van der Waals surface area contributed by atoms with Crippen LogP contribution in [0.4, 0.5) is 0 Å². The molecule has 0 rings (SSSR count). The molecule has 0 saturated carbocycles. The van der Waals surface area contributed by atoms with Crippen molar-refractivity contribution in [3.8, 4) is 0 Å². The summed E-state index contributed by atoms with van der Waals surface area (Å²) in [5, 5.41) is 3.03. The zero-order valence-electron chi connectivity index (χ0n) is 45.3. The monoisotopic (exact) mass is 978 g/mol. The maximum absolute atomic E-state index is 13.5. The number of phosphoric acid groups is 1. The number of likely N-dealkylation sites (N-methyl/N-ethyl adjacent to an activating group) is 1. The zero-order valence-corrected chi connectivity index (χ0v) is 46.2. The number of quaternary nitrogens is 1. The van der Waals surface area contributed by atoms with Crippen LogP contribution >= 0.6 is 7.82 Å². The van der Waals surface area contributed by atoms with E-state index < -0.39 is 20.0 Å². The van der Waals surface area contributed by atoms with Gasteiger partial charge in [0, 0.05) is 12.8 Å². The number of hydrogen-bond donors (Lipinski definition) is 2. The average Bonchev–Trinajstić information content (AvgIpc) is 3.29. The van der Waals surface area contributed by atoms with Crippen LogP contribution in [0.5, 0.6) is 0 Å². The van der Waals surface area contributed by atoms with Crippen molar-refractivity contribution in [1.29, 1.82) is 0 Å². The molecule has 1 amide bonds. The van der Waals surface area contributed by atoms with E-state index in [1.54, 1.807) is 0 Å². The molecule has 0 aliphatic carbocycles. The number of ether oxygens (including phenoxy) is 1. The van der Waals surface area contributed by atoms with Gasteiger partial charge >= 0.3 is 13.8 Å². The second kappa shape index (κ2) is 48.6. The van der Waals surface area contributed by atoms with Crippen LogP contribution in [0.15, 0.2) is 48.6 Å². The first-order valence-electron chi connectivity index (χ1n) is 28.5. The Kier molecular flexibility index (Phi) is 47.1. The van der Waals surface area contributed by atoms with Crippen molar-refractivity contribution in [1.82, 2.24) is 5.32 Å². The lowest BCUT2D eigenvalue weighted by molar-refractivity contribution is -0.870. The average molecular weight is 978 g/mol. The molecule has 9 nitrogen and oxygen atoms in total. The molecule has 0 heterocycles. The summed E-state index contributed by atoms with van der Waals surface area (Å²) < 4.78 is 30.6. The number of nitrogens with one attached hydrogen (secondary N) is 1. The Bertz CT molecular complexity index is 1310. The molecule has 0 aromatic carbocycles. The quantitative estimate of drug-likeness (QED) is 0.0205. The van der Waals surface area contributed by atoms with Gasteiger partial charge in [-0.3, -0.25) is 18.6 Å². The molecule has 2 N–H and O–H groups in total. The van der Waals surface area contributed by atoms with Gasteiger partial charge in [0.1, 0.15) is 19.3 Å². The molecule has 398 valence electrons. The van der Waals surface area contributed by atoms with Crippen molar-refractivity contribution >= 4 is 19.7 Å². The number of rotatable bonds is 51. The molecule has 3 atom stereocenters. The summed E-state index contributed by atoms with van der Waals surface area (Å²) in [6, 6.07) is -0.857. The van der Waals surface area contributed by atoms with E-state index in [-0.39, 0.29) is 31.5 Å². The van der Waals surface area contributed by atoms with Gasteiger partial charge in [-0.15, -0.1) is 0 Å². The van der Waals surface area contributed by atoms with Crippen LogP contribution in [0.2, 0.25) is 0 Å². The Balaban J connectivity index is 5.38. The maximum atomic E-state index is 13.5. The van der Waals surface area contributed by atoms with Gasteiger partial charge in [0.2, 0.25) is 5.91 Å². The highest BCUT2D eigenvalue weighted by molar-refractivity contribution is 7.47. The number of carbonyl (C=O) groups is 2. The number of allylic oxidation sites excluding steroid dienone is 7. The number of esters is 1. The number of phosphoric ester groups is 1. The highest BCUT2D eigenvalue weighted by Gasteiger charge is 2.30. The molecule has 0 fully saturated rings. The lowest BCUT2D eigenvalue weighted by Gasteiger charge is -2.27. The fourth-order valence-electron chi connectivity index (χ4n) is 8.02. The van der Waals surface area contributed by atoms with Crippen molar-refractivity contribution in [2.75, 3.05) is 40.9 Å². The van der Waals surface area contributed by atoms with Gasteiger partial charge in [0.15, 0.2) is 0 Å². The second-order valence-corrected chi connectivity index (χ2v) is 21.9. The molecule has 0 spiro atoms. The Morgan fingerprint density at radius 2 is 0.897 bits per heavy atom. The van der Waals surface area contributed by atoms with Crippen LogP contribution < -0.4 is 5.32 Å². The molecule has 68 heavy (non-hydrogen) atoms. The number of carbonyl (C=O) groups excluding carboxylic acids is 2. The van der Waals surface area contributed by atoms with Gasteiger partial charge in [-0.2, -0.15) is 0 Å². The van der Waals surface area contributed by atoms with Crippen molar-refractivity contribution in [2.24, 2.45) is 0 Å². The van der Waals surface area contributed by atoms with E-state index in [1.807, 2.05) is 33.3 Å². The number of nitrogens with zero attached hydrogens (tertiary/aromatic N) is 1. The first kappa shape index (κ1) is 66.0. The summed E-state index contributed by atoms with van der Waals surface area (Å²) in [5.74, 6) is -0.530. The van der Waals surface area contributed by atoms with Crippen molar-refractivity contribution in [2.45, 2.75) is 270 Å². The SMILES string of the molecule is CCCCC/C=C\C/C=C\CCCCCCCCCC(=O)OC(/C=C/CCCCCCCCCCCC)C(COP(=O)(O)OCC[N+](C)(C)C)NC(=O)CCCCC/C=C\CCCCCCCC. The number of amides is 1. The van der Waals surface area contributed by atoms with E-state index in [2.05, 4.69) is 62.5 Å². The first-order chi connectivity index (χ1) is 32.9. The molecular formula is C58H110N2O7P+. The molecule has 0 bridgehead atoms. The normalized spacial score (nSPS) is 14.2. The smallest absolute Gasteiger partial charge is 0.456 e. The fourth-order valence-corrected chi connectivity index (χ4v) is 8.76. The molecule has 10 heteroatoms. The minimum Gasteiger partial charge on any atom is -0.456 e. The van der Waals surface area contributed by atoms with Gasteiger partial charge in [-0.05, 0) is 89.5 Å². The van der Waals surface area contributed by atoms with Crippen LogP contribution in [0, 0.1) is 0 Å². The Hall–Kier alpha value is -2.03. The third-order valence-corrected chi connectivity index (χ3v) is 13.5. The lowest BCUT2D eigenvalue weighted by atomic mass is 10.0. The fraction of sp³-hybridized carbons (Fsp3) is 0.828.